The number of benzene rings is 1. The van der Waals surface area contributed by atoms with Crippen LogP contribution in [0.1, 0.15) is 44.8 Å². The summed E-state index contributed by atoms with van der Waals surface area (Å²) in [7, 11) is 3.06. The molecule has 1 fully saturated rings. The summed E-state index contributed by atoms with van der Waals surface area (Å²) in [6.07, 6.45) is 1.57. The Hall–Kier alpha value is -2.91. The molecule has 1 aromatic carbocycles. The summed E-state index contributed by atoms with van der Waals surface area (Å²) >= 11 is 1.25. The molecular formula is C23H26N2O6S. The number of thiazole rings is 1. The molecule has 0 spiro atoms. The minimum atomic E-state index is -0.818. The Labute approximate surface area is 190 Å². The smallest absolute Gasteiger partial charge is 0.290 e. The van der Waals surface area contributed by atoms with Crippen LogP contribution in [0.5, 0.6) is 11.5 Å². The lowest BCUT2D eigenvalue weighted by Crippen LogP contribution is -2.37. The number of amides is 1. The predicted octanol–water partition coefficient (Wildman–Crippen LogP) is 3.53. The Bertz CT molecular complexity index is 1090. The molecule has 0 bridgehead atoms. The van der Waals surface area contributed by atoms with E-state index in [1.54, 1.807) is 32.2 Å². The van der Waals surface area contributed by atoms with Gasteiger partial charge in [-0.05, 0) is 38.8 Å². The fraction of sp³-hybridized carbons (Fsp3) is 0.435. The van der Waals surface area contributed by atoms with Gasteiger partial charge >= 0.3 is 0 Å². The number of methoxy groups -OCH3 is 2. The van der Waals surface area contributed by atoms with Crippen molar-refractivity contribution in [2.24, 2.45) is 0 Å². The summed E-state index contributed by atoms with van der Waals surface area (Å²) in [4.78, 5) is 33.0. The maximum atomic E-state index is 13.6. The molecule has 2 atom stereocenters. The number of rotatable bonds is 7. The van der Waals surface area contributed by atoms with Crippen molar-refractivity contribution in [3.63, 3.8) is 0 Å². The number of ether oxygens (including phenoxy) is 3. The van der Waals surface area contributed by atoms with Gasteiger partial charge in [0.1, 0.15) is 11.5 Å². The quantitative estimate of drug-likeness (QED) is 0.634. The number of aryl methyl sites for hydroxylation is 2. The topological polar surface area (TPSA) is 98.2 Å². The van der Waals surface area contributed by atoms with E-state index in [1.165, 1.54) is 23.3 Å². The average Bonchev–Trinajstić information content (AvgIpc) is 3.48. The average molecular weight is 459 g/mol. The zero-order valence-corrected chi connectivity index (χ0v) is 19.3. The van der Waals surface area contributed by atoms with Gasteiger partial charge in [-0.15, -0.1) is 11.3 Å². The van der Waals surface area contributed by atoms with Crippen molar-refractivity contribution >= 4 is 23.0 Å². The van der Waals surface area contributed by atoms with E-state index >= 15 is 0 Å². The van der Waals surface area contributed by atoms with E-state index in [2.05, 4.69) is 4.98 Å². The normalized spacial score (nSPS) is 20.9. The van der Waals surface area contributed by atoms with Gasteiger partial charge in [0.15, 0.2) is 5.76 Å². The number of carbonyl (C=O) groups is 2. The number of nitrogens with zero attached hydrogens (tertiary/aromatic N) is 2. The molecule has 8 nitrogen and oxygen atoms in total. The van der Waals surface area contributed by atoms with Crippen molar-refractivity contribution in [3.8, 4) is 11.5 Å². The minimum Gasteiger partial charge on any atom is -0.503 e. The first kappa shape index (κ1) is 22.3. The van der Waals surface area contributed by atoms with Gasteiger partial charge in [0.2, 0.25) is 5.78 Å². The van der Waals surface area contributed by atoms with Crippen molar-refractivity contribution in [2.75, 3.05) is 27.4 Å². The molecular weight excluding hydrogens is 432 g/mol. The number of Topliss-reactive ketones (excluding diaryl/α,β-unsaturated/α-hetero) is 1. The Kier molecular flexibility index (Phi) is 6.21. The molecule has 1 amide bonds. The van der Waals surface area contributed by atoms with Crippen LogP contribution >= 0.6 is 11.3 Å². The summed E-state index contributed by atoms with van der Waals surface area (Å²) in [6.45, 7) is 4.46. The van der Waals surface area contributed by atoms with Crippen LogP contribution in [0.4, 0.5) is 0 Å². The largest absolute Gasteiger partial charge is 0.503 e. The Morgan fingerprint density at radius 2 is 2.09 bits per heavy atom. The number of aliphatic hydroxyl groups is 1. The SMILES string of the molecule is COc1ccc(C2C(C(=O)c3sc(C)nc3C)=C(O)C(=O)N2CC2CCCO2)c(OC)c1. The third kappa shape index (κ3) is 3.86. The van der Waals surface area contributed by atoms with E-state index in [1.807, 2.05) is 6.92 Å². The van der Waals surface area contributed by atoms with Gasteiger partial charge in [-0.3, -0.25) is 9.59 Å². The molecule has 1 N–H and O–H groups in total. The van der Waals surface area contributed by atoms with Crippen LogP contribution in [0.2, 0.25) is 0 Å². The van der Waals surface area contributed by atoms with Gasteiger partial charge in [0, 0.05) is 24.8 Å². The van der Waals surface area contributed by atoms with Crippen molar-refractivity contribution < 1.29 is 28.9 Å². The van der Waals surface area contributed by atoms with Crippen LogP contribution in [-0.4, -0.2) is 60.2 Å². The molecule has 0 radical (unpaired) electrons. The highest BCUT2D eigenvalue weighted by molar-refractivity contribution is 7.14. The molecule has 0 saturated carbocycles. The van der Waals surface area contributed by atoms with Crippen molar-refractivity contribution in [3.05, 3.63) is 50.7 Å². The van der Waals surface area contributed by atoms with Gasteiger partial charge in [0.25, 0.3) is 5.91 Å². The van der Waals surface area contributed by atoms with Crippen molar-refractivity contribution in [1.29, 1.82) is 0 Å². The lowest BCUT2D eigenvalue weighted by molar-refractivity contribution is -0.131. The summed E-state index contributed by atoms with van der Waals surface area (Å²) in [5.74, 6) is -0.504. The van der Waals surface area contributed by atoms with Gasteiger partial charge in [0.05, 0.1) is 47.5 Å². The summed E-state index contributed by atoms with van der Waals surface area (Å²) in [6, 6.07) is 4.38. The monoisotopic (exact) mass is 458 g/mol. The number of carbonyl (C=O) groups excluding carboxylic acids is 2. The van der Waals surface area contributed by atoms with Crippen molar-refractivity contribution in [2.45, 2.75) is 38.8 Å². The van der Waals surface area contributed by atoms with E-state index in [0.29, 0.717) is 34.2 Å². The standard InChI is InChI=1S/C23H26N2O6S/c1-12-22(32-13(2)24-12)20(26)18-19(16-8-7-14(29-3)10-17(16)30-4)25(23(28)21(18)27)11-15-6-5-9-31-15/h7-8,10,15,19,27H,5-6,9,11H2,1-4H3. The number of aliphatic hydroxyl groups excluding tert-OH is 1. The zero-order valence-electron chi connectivity index (χ0n) is 18.5. The van der Waals surface area contributed by atoms with Crippen LogP contribution in [0.15, 0.2) is 29.5 Å². The predicted molar refractivity (Wildman–Crippen MR) is 119 cm³/mol. The van der Waals surface area contributed by atoms with Gasteiger partial charge < -0.3 is 24.2 Å². The van der Waals surface area contributed by atoms with Crippen LogP contribution in [-0.2, 0) is 9.53 Å². The van der Waals surface area contributed by atoms with E-state index in [0.717, 1.165) is 17.8 Å². The Balaban J connectivity index is 1.83. The zero-order chi connectivity index (χ0) is 23.0. The maximum Gasteiger partial charge on any atom is 0.290 e. The number of hydrogen-bond donors (Lipinski definition) is 1. The second kappa shape index (κ2) is 8.91. The molecule has 3 heterocycles. The van der Waals surface area contributed by atoms with Crippen molar-refractivity contribution in [1.82, 2.24) is 9.88 Å². The first-order chi connectivity index (χ1) is 15.3. The molecule has 32 heavy (non-hydrogen) atoms. The molecule has 1 saturated heterocycles. The van der Waals surface area contributed by atoms with Crippen LogP contribution in [0.3, 0.4) is 0 Å². The molecule has 9 heteroatoms. The molecule has 4 rings (SSSR count). The first-order valence-corrected chi connectivity index (χ1v) is 11.2. The Morgan fingerprint density at radius 3 is 2.69 bits per heavy atom. The number of hydrogen-bond acceptors (Lipinski definition) is 8. The molecule has 2 aliphatic heterocycles. The van der Waals surface area contributed by atoms with Gasteiger partial charge in [-0.25, -0.2) is 4.98 Å². The van der Waals surface area contributed by atoms with Gasteiger partial charge in [-0.2, -0.15) is 0 Å². The molecule has 0 aliphatic carbocycles. The summed E-state index contributed by atoms with van der Waals surface area (Å²) < 4.78 is 16.6. The second-order valence-electron chi connectivity index (χ2n) is 7.84. The third-order valence-corrected chi connectivity index (χ3v) is 6.89. The maximum absolute atomic E-state index is 13.6. The first-order valence-electron chi connectivity index (χ1n) is 10.4. The number of ketones is 1. The van der Waals surface area contributed by atoms with E-state index in [-0.39, 0.29) is 18.2 Å². The minimum absolute atomic E-state index is 0.0308. The fourth-order valence-corrected chi connectivity index (χ4v) is 5.19. The molecule has 1 aromatic heterocycles. The Morgan fingerprint density at radius 1 is 1.31 bits per heavy atom. The molecule has 2 aromatic rings. The molecule has 170 valence electrons. The highest BCUT2D eigenvalue weighted by atomic mass is 32.1. The lowest BCUT2D eigenvalue weighted by Gasteiger charge is -2.29. The summed E-state index contributed by atoms with van der Waals surface area (Å²) in [5, 5.41) is 11.6. The molecule has 2 aliphatic rings. The van der Waals surface area contributed by atoms with Gasteiger partial charge in [-0.1, -0.05) is 0 Å². The molecule has 2 unspecified atom stereocenters. The van der Waals surface area contributed by atoms with Crippen LogP contribution in [0.25, 0.3) is 0 Å². The highest BCUT2D eigenvalue weighted by Gasteiger charge is 2.46. The third-order valence-electron chi connectivity index (χ3n) is 5.82. The fourth-order valence-electron chi connectivity index (χ4n) is 4.31. The van der Waals surface area contributed by atoms with E-state index in [4.69, 9.17) is 14.2 Å². The lowest BCUT2D eigenvalue weighted by atomic mass is 9.94. The number of aromatic nitrogens is 1. The van der Waals surface area contributed by atoms with E-state index < -0.39 is 23.5 Å². The van der Waals surface area contributed by atoms with E-state index in [9.17, 15) is 14.7 Å². The highest BCUT2D eigenvalue weighted by Crippen LogP contribution is 2.44. The second-order valence-corrected chi connectivity index (χ2v) is 9.04. The summed E-state index contributed by atoms with van der Waals surface area (Å²) in [5.41, 5.74) is 1.19. The van der Waals surface area contributed by atoms with Crippen LogP contribution < -0.4 is 9.47 Å². The van der Waals surface area contributed by atoms with Crippen LogP contribution in [0, 0.1) is 13.8 Å².